The Morgan fingerprint density at radius 3 is 2.11 bits per heavy atom. The second-order valence-electron chi connectivity index (χ2n) is 8.49. The first-order chi connectivity index (χ1) is 17.8. The minimum Gasteiger partial charge on any atom is -0.280 e. The number of nitrogens with zero attached hydrogens (tertiary/aromatic N) is 5. The summed E-state index contributed by atoms with van der Waals surface area (Å²) in [4.78, 5) is 19.9. The normalized spacial score (nSPS) is 12.5. The minimum absolute atomic E-state index is 0.00680. The molecule has 0 N–H and O–H groups in total. The van der Waals surface area contributed by atoms with Crippen LogP contribution >= 0.6 is 11.8 Å². The molecule has 5 aromatic rings. The van der Waals surface area contributed by atoms with Gasteiger partial charge in [0.25, 0.3) is 0 Å². The standard InChI is InChI=1S/C29H23N5OS/c35-27(34-25-14-6-4-9-21(25)16-17-22-10-5-7-15-26(22)34)20-36-29-32-31-28(23-11-8-18-30-19-23)33(29)24-12-2-1-3-13-24/h1-15,18-19H,16-17,20H2. The lowest BCUT2D eigenvalue weighted by Gasteiger charge is -2.25. The molecule has 3 heterocycles. The highest BCUT2D eigenvalue weighted by molar-refractivity contribution is 7.99. The molecule has 6 rings (SSSR count). The lowest BCUT2D eigenvalue weighted by molar-refractivity contribution is -0.115. The monoisotopic (exact) mass is 489 g/mol. The molecule has 0 radical (unpaired) electrons. The highest BCUT2D eigenvalue weighted by Crippen LogP contribution is 2.37. The van der Waals surface area contributed by atoms with E-state index in [1.54, 1.807) is 12.4 Å². The number of carbonyl (C=O) groups is 1. The molecule has 1 aliphatic rings. The summed E-state index contributed by atoms with van der Waals surface area (Å²) in [5.41, 5.74) is 6.06. The summed E-state index contributed by atoms with van der Waals surface area (Å²) in [7, 11) is 0. The quantitative estimate of drug-likeness (QED) is 0.288. The number of benzene rings is 3. The third-order valence-corrected chi connectivity index (χ3v) is 7.18. The number of rotatable bonds is 5. The zero-order valence-electron chi connectivity index (χ0n) is 19.5. The van der Waals surface area contributed by atoms with Crippen LogP contribution in [-0.4, -0.2) is 31.4 Å². The van der Waals surface area contributed by atoms with E-state index in [0.29, 0.717) is 11.0 Å². The Hall–Kier alpha value is -4.23. The van der Waals surface area contributed by atoms with Crippen molar-refractivity contribution in [3.05, 3.63) is 115 Å². The molecule has 0 unspecified atom stereocenters. The molecule has 0 aliphatic carbocycles. The molecule has 176 valence electrons. The van der Waals surface area contributed by atoms with Gasteiger partial charge in [-0.05, 0) is 60.4 Å². The summed E-state index contributed by atoms with van der Waals surface area (Å²) < 4.78 is 1.99. The number of pyridine rings is 1. The van der Waals surface area contributed by atoms with Crippen LogP contribution in [0.4, 0.5) is 11.4 Å². The van der Waals surface area contributed by atoms with E-state index in [4.69, 9.17) is 0 Å². The first kappa shape index (κ1) is 22.2. The number of para-hydroxylation sites is 3. The highest BCUT2D eigenvalue weighted by atomic mass is 32.2. The van der Waals surface area contributed by atoms with E-state index >= 15 is 0 Å². The zero-order chi connectivity index (χ0) is 24.3. The van der Waals surface area contributed by atoms with Crippen LogP contribution in [0, 0.1) is 0 Å². The van der Waals surface area contributed by atoms with Gasteiger partial charge < -0.3 is 0 Å². The predicted octanol–water partition coefficient (Wildman–Crippen LogP) is 5.88. The smallest absolute Gasteiger partial charge is 0.242 e. The lowest BCUT2D eigenvalue weighted by Crippen LogP contribution is -2.28. The van der Waals surface area contributed by atoms with E-state index in [9.17, 15) is 4.79 Å². The molecular weight excluding hydrogens is 466 g/mol. The van der Waals surface area contributed by atoms with Gasteiger partial charge in [0.15, 0.2) is 11.0 Å². The van der Waals surface area contributed by atoms with Gasteiger partial charge in [-0.3, -0.25) is 19.2 Å². The molecule has 1 amide bonds. The Kier molecular flexibility index (Phi) is 6.05. The number of carbonyl (C=O) groups excluding carboxylic acids is 1. The largest absolute Gasteiger partial charge is 0.280 e. The predicted molar refractivity (Wildman–Crippen MR) is 143 cm³/mol. The van der Waals surface area contributed by atoms with E-state index in [1.807, 2.05) is 88.3 Å². The van der Waals surface area contributed by atoms with E-state index < -0.39 is 0 Å². The van der Waals surface area contributed by atoms with Crippen LogP contribution in [0.2, 0.25) is 0 Å². The average molecular weight is 490 g/mol. The summed E-state index contributed by atoms with van der Waals surface area (Å²) in [6.07, 6.45) is 5.31. The number of aryl methyl sites for hydroxylation is 2. The van der Waals surface area contributed by atoms with Crippen molar-refractivity contribution in [2.24, 2.45) is 0 Å². The maximum Gasteiger partial charge on any atom is 0.242 e. The minimum atomic E-state index is 0.00680. The average Bonchev–Trinajstić information content (AvgIpc) is 3.29. The van der Waals surface area contributed by atoms with Crippen molar-refractivity contribution in [1.29, 1.82) is 0 Å². The summed E-state index contributed by atoms with van der Waals surface area (Å²) in [6, 6.07) is 30.1. The fraction of sp³-hybridized carbons (Fsp3) is 0.103. The van der Waals surface area contributed by atoms with Gasteiger partial charge in [-0.15, -0.1) is 10.2 Å². The topological polar surface area (TPSA) is 63.9 Å². The first-order valence-corrected chi connectivity index (χ1v) is 12.8. The van der Waals surface area contributed by atoms with Crippen LogP contribution in [0.5, 0.6) is 0 Å². The Morgan fingerprint density at radius 2 is 1.44 bits per heavy atom. The van der Waals surface area contributed by atoms with Crippen molar-refractivity contribution in [3.8, 4) is 17.1 Å². The van der Waals surface area contributed by atoms with Gasteiger partial charge in [0.05, 0.1) is 17.1 Å². The fourth-order valence-electron chi connectivity index (χ4n) is 4.59. The summed E-state index contributed by atoms with van der Waals surface area (Å²) in [6.45, 7) is 0. The molecule has 36 heavy (non-hydrogen) atoms. The Balaban J connectivity index is 1.35. The molecule has 6 nitrogen and oxygen atoms in total. The molecule has 0 spiro atoms. The molecule has 0 atom stereocenters. The summed E-state index contributed by atoms with van der Waals surface area (Å²) in [5.74, 6) is 0.919. The van der Waals surface area contributed by atoms with E-state index in [1.165, 1.54) is 22.9 Å². The second-order valence-corrected chi connectivity index (χ2v) is 9.44. The van der Waals surface area contributed by atoms with Crippen LogP contribution in [0.25, 0.3) is 17.1 Å². The van der Waals surface area contributed by atoms with Gasteiger partial charge in [-0.25, -0.2) is 0 Å². The fourth-order valence-corrected chi connectivity index (χ4v) is 5.40. The Bertz CT molecular complexity index is 1470. The zero-order valence-corrected chi connectivity index (χ0v) is 20.3. The number of thioether (sulfide) groups is 1. The van der Waals surface area contributed by atoms with E-state index in [0.717, 1.165) is 35.5 Å². The molecular formula is C29H23N5OS. The molecule has 0 saturated heterocycles. The third-order valence-electron chi connectivity index (χ3n) is 6.27. The van der Waals surface area contributed by atoms with Crippen LogP contribution in [0.15, 0.2) is 109 Å². The lowest BCUT2D eigenvalue weighted by atomic mass is 10.0. The van der Waals surface area contributed by atoms with Crippen molar-refractivity contribution in [2.45, 2.75) is 18.0 Å². The van der Waals surface area contributed by atoms with Crippen molar-refractivity contribution in [2.75, 3.05) is 10.7 Å². The molecule has 2 aromatic heterocycles. The van der Waals surface area contributed by atoms with Crippen LogP contribution < -0.4 is 4.90 Å². The maximum atomic E-state index is 13.8. The summed E-state index contributed by atoms with van der Waals surface area (Å²) >= 11 is 1.39. The molecule has 0 fully saturated rings. The van der Waals surface area contributed by atoms with Crippen LogP contribution in [-0.2, 0) is 17.6 Å². The van der Waals surface area contributed by atoms with Gasteiger partial charge in [-0.1, -0.05) is 66.4 Å². The van der Waals surface area contributed by atoms with Gasteiger partial charge in [-0.2, -0.15) is 0 Å². The Labute approximate surface area is 213 Å². The van der Waals surface area contributed by atoms with Crippen LogP contribution in [0.1, 0.15) is 11.1 Å². The molecule has 0 bridgehead atoms. The number of hydrogen-bond acceptors (Lipinski definition) is 5. The van der Waals surface area contributed by atoms with Crippen molar-refractivity contribution in [1.82, 2.24) is 19.7 Å². The van der Waals surface area contributed by atoms with Crippen LogP contribution in [0.3, 0.4) is 0 Å². The number of fused-ring (bicyclic) bond motifs is 2. The van der Waals surface area contributed by atoms with Gasteiger partial charge in [0.1, 0.15) is 0 Å². The maximum absolute atomic E-state index is 13.8. The molecule has 1 aliphatic heterocycles. The SMILES string of the molecule is O=C(CSc1nnc(-c2cccnc2)n1-c1ccccc1)N1c2ccccc2CCc2ccccc21. The molecule has 7 heteroatoms. The van der Waals surface area contributed by atoms with Gasteiger partial charge >= 0.3 is 0 Å². The number of hydrogen-bond donors (Lipinski definition) is 0. The molecule has 0 saturated carbocycles. The number of amides is 1. The number of aromatic nitrogens is 4. The van der Waals surface area contributed by atoms with E-state index in [2.05, 4.69) is 27.3 Å². The summed E-state index contributed by atoms with van der Waals surface area (Å²) in [5, 5.41) is 9.60. The van der Waals surface area contributed by atoms with Gasteiger partial charge in [0.2, 0.25) is 5.91 Å². The second kappa shape index (κ2) is 9.79. The third kappa shape index (κ3) is 4.18. The van der Waals surface area contributed by atoms with Gasteiger partial charge in [0, 0.05) is 23.6 Å². The van der Waals surface area contributed by atoms with E-state index in [-0.39, 0.29) is 11.7 Å². The Morgan fingerprint density at radius 1 is 0.778 bits per heavy atom. The molecule has 3 aromatic carbocycles. The van der Waals surface area contributed by atoms with Crippen molar-refractivity contribution in [3.63, 3.8) is 0 Å². The highest BCUT2D eigenvalue weighted by Gasteiger charge is 2.26. The number of anilines is 2. The van der Waals surface area contributed by atoms with Crippen molar-refractivity contribution < 1.29 is 4.79 Å². The first-order valence-electron chi connectivity index (χ1n) is 11.8. The van der Waals surface area contributed by atoms with Crippen molar-refractivity contribution >= 4 is 29.0 Å².